The lowest BCUT2D eigenvalue weighted by Crippen LogP contribution is -2.59. The van der Waals surface area contributed by atoms with Crippen LogP contribution in [0.1, 0.15) is 30.9 Å². The maximum atomic E-state index is 12.6. The number of hydrogen-bond donors (Lipinski definition) is 2. The van der Waals surface area contributed by atoms with Crippen LogP contribution in [-0.2, 0) is 14.4 Å². The zero-order valence-electron chi connectivity index (χ0n) is 27.6. The van der Waals surface area contributed by atoms with Crippen LogP contribution in [0.2, 0.25) is 10.0 Å². The number of amides is 1. The second-order valence-electron chi connectivity index (χ2n) is 12.8. The van der Waals surface area contributed by atoms with Crippen LogP contribution in [0, 0.1) is 0 Å². The Hall–Kier alpha value is -3.65. The summed E-state index contributed by atoms with van der Waals surface area (Å²) in [5.74, 6) is 1.45. The lowest BCUT2D eigenvalue weighted by atomic mass is 10.0. The van der Waals surface area contributed by atoms with Crippen molar-refractivity contribution in [3.63, 3.8) is 0 Å². The van der Waals surface area contributed by atoms with Gasteiger partial charge in [0.2, 0.25) is 5.91 Å². The monoisotopic (exact) mass is 708 g/mol. The van der Waals surface area contributed by atoms with Crippen molar-refractivity contribution in [3.05, 3.63) is 71.0 Å². The molecule has 4 fully saturated rings. The molecule has 5 heterocycles. The Morgan fingerprint density at radius 2 is 1.69 bits per heavy atom. The Kier molecular flexibility index (Phi) is 10.4. The van der Waals surface area contributed by atoms with Crippen LogP contribution in [0.15, 0.2) is 55.4 Å². The van der Waals surface area contributed by atoms with E-state index in [0.717, 1.165) is 83.0 Å². The number of nitrogens with zero attached hydrogens (tertiary/aromatic N) is 6. The average Bonchev–Trinajstić information content (AvgIpc) is 3.60. The second kappa shape index (κ2) is 15.1. The fraction of sp³-hybridized carbons (Fsp3) is 0.457. The van der Waals surface area contributed by atoms with Gasteiger partial charge in [-0.2, -0.15) is 0 Å². The molecule has 260 valence electrons. The molecule has 4 aliphatic heterocycles. The number of hydrogen-bond acceptors (Lipinski definition) is 11. The standard InChI is InChI=1S/C35H42Cl2N8O4/c1-3-35(46)41-28-17-29(40-33-19-34(39-22-38-33)45-30(8-15-49-45)23-4-5-26(36)27(37)16-23)32(47-2)18-31(28)44-9-6-24(7-10-44)42-11-13-43(14-12-42)25-20-48-21-25/h3-5,16-19,22,24-25,30H,1,6-15,20-21H2,2H3,(H,41,46)(H,38,39,40)/t30-/m1/s1. The van der Waals surface area contributed by atoms with Crippen molar-refractivity contribution < 1.29 is 19.1 Å². The van der Waals surface area contributed by atoms with Gasteiger partial charge in [-0.25, -0.2) is 15.0 Å². The van der Waals surface area contributed by atoms with Crippen LogP contribution in [0.25, 0.3) is 0 Å². The zero-order valence-corrected chi connectivity index (χ0v) is 29.1. The van der Waals surface area contributed by atoms with Crippen molar-refractivity contribution >= 4 is 57.8 Å². The predicted octanol–water partition coefficient (Wildman–Crippen LogP) is 5.53. The van der Waals surface area contributed by atoms with E-state index in [-0.39, 0.29) is 11.9 Å². The maximum absolute atomic E-state index is 12.6. The Labute approximate surface area is 296 Å². The van der Waals surface area contributed by atoms with E-state index in [4.69, 9.17) is 37.5 Å². The Morgan fingerprint density at radius 3 is 2.37 bits per heavy atom. The molecule has 0 saturated carbocycles. The number of halogens is 2. The quantitative estimate of drug-likeness (QED) is 0.260. The summed E-state index contributed by atoms with van der Waals surface area (Å²) < 4.78 is 11.3. The lowest BCUT2D eigenvalue weighted by Gasteiger charge is -2.46. The number of anilines is 5. The molecule has 1 atom stereocenters. The minimum absolute atomic E-state index is 0.0942. The summed E-state index contributed by atoms with van der Waals surface area (Å²) in [6.45, 7) is 12.1. The summed E-state index contributed by atoms with van der Waals surface area (Å²) in [4.78, 5) is 35.1. The summed E-state index contributed by atoms with van der Waals surface area (Å²) >= 11 is 12.5. The molecule has 3 aromatic rings. The van der Waals surface area contributed by atoms with E-state index in [1.54, 1.807) is 18.2 Å². The summed E-state index contributed by atoms with van der Waals surface area (Å²) in [6, 6.07) is 12.3. The zero-order chi connectivity index (χ0) is 33.9. The van der Waals surface area contributed by atoms with E-state index in [9.17, 15) is 4.79 Å². The predicted molar refractivity (Wildman–Crippen MR) is 192 cm³/mol. The molecule has 0 spiro atoms. The number of nitrogens with one attached hydrogen (secondary N) is 2. The van der Waals surface area contributed by atoms with Gasteiger partial charge in [-0.15, -0.1) is 0 Å². The van der Waals surface area contributed by atoms with Crippen LogP contribution in [-0.4, -0.2) is 104 Å². The number of carbonyl (C=O) groups is 1. The first kappa shape index (κ1) is 33.8. The number of methoxy groups -OCH3 is 1. The fourth-order valence-electron chi connectivity index (χ4n) is 7.15. The first-order chi connectivity index (χ1) is 23.9. The number of piperazine rings is 1. The average molecular weight is 710 g/mol. The highest BCUT2D eigenvalue weighted by Crippen LogP contribution is 2.41. The van der Waals surface area contributed by atoms with Crippen LogP contribution >= 0.6 is 23.2 Å². The van der Waals surface area contributed by atoms with Gasteiger partial charge in [-0.05, 0) is 42.7 Å². The Balaban J connectivity index is 1.07. The molecule has 1 amide bonds. The van der Waals surface area contributed by atoms with Gasteiger partial charge in [0.25, 0.3) is 0 Å². The van der Waals surface area contributed by atoms with Crippen molar-refractivity contribution in [1.82, 2.24) is 19.8 Å². The highest BCUT2D eigenvalue weighted by molar-refractivity contribution is 6.42. The molecular weight excluding hydrogens is 667 g/mol. The number of carbonyl (C=O) groups excluding carboxylic acids is 1. The molecule has 0 aliphatic carbocycles. The maximum Gasteiger partial charge on any atom is 0.247 e. The molecule has 49 heavy (non-hydrogen) atoms. The molecule has 2 N–H and O–H groups in total. The van der Waals surface area contributed by atoms with Gasteiger partial charge in [0, 0.05) is 63.9 Å². The molecule has 12 nitrogen and oxygen atoms in total. The molecule has 0 radical (unpaired) electrons. The smallest absolute Gasteiger partial charge is 0.247 e. The number of piperidine rings is 1. The summed E-state index contributed by atoms with van der Waals surface area (Å²) in [6.07, 6.45) is 5.62. The summed E-state index contributed by atoms with van der Waals surface area (Å²) in [5.41, 5.74) is 3.19. The molecular formula is C35H42Cl2N8O4. The SMILES string of the molecule is C=CC(=O)Nc1cc(Nc2cc(N3OCC[C@@H]3c3ccc(Cl)c(Cl)c3)ncn2)c(OC)cc1N1CCC(N2CCN(C3COC3)CC2)CC1. The van der Waals surface area contributed by atoms with Crippen LogP contribution in [0.3, 0.4) is 0 Å². The minimum atomic E-state index is -0.286. The van der Waals surface area contributed by atoms with Crippen molar-refractivity contribution in [2.75, 3.05) is 86.8 Å². The number of ether oxygens (including phenoxy) is 2. The lowest BCUT2D eigenvalue weighted by molar-refractivity contribution is -0.111. The molecule has 4 saturated heterocycles. The van der Waals surface area contributed by atoms with E-state index in [2.05, 4.69) is 41.9 Å². The molecule has 4 aliphatic rings. The van der Waals surface area contributed by atoms with Gasteiger partial charge in [-0.1, -0.05) is 35.8 Å². The third-order valence-corrected chi connectivity index (χ3v) is 10.7. The molecule has 0 bridgehead atoms. The highest BCUT2D eigenvalue weighted by Gasteiger charge is 2.33. The number of benzene rings is 2. The van der Waals surface area contributed by atoms with E-state index in [1.807, 2.05) is 30.3 Å². The number of rotatable bonds is 10. The summed E-state index contributed by atoms with van der Waals surface area (Å²) in [7, 11) is 1.64. The fourth-order valence-corrected chi connectivity index (χ4v) is 7.45. The van der Waals surface area contributed by atoms with Gasteiger partial charge in [0.1, 0.15) is 17.9 Å². The molecule has 2 aromatic carbocycles. The van der Waals surface area contributed by atoms with Crippen LogP contribution < -0.4 is 25.3 Å². The van der Waals surface area contributed by atoms with E-state index < -0.39 is 0 Å². The van der Waals surface area contributed by atoms with Crippen LogP contribution in [0.5, 0.6) is 5.75 Å². The van der Waals surface area contributed by atoms with Crippen molar-refractivity contribution in [2.45, 2.75) is 37.4 Å². The first-order valence-electron chi connectivity index (χ1n) is 16.8. The van der Waals surface area contributed by atoms with E-state index in [1.165, 1.54) is 12.4 Å². The summed E-state index contributed by atoms with van der Waals surface area (Å²) in [5, 5.41) is 9.17. The van der Waals surface area contributed by atoms with E-state index >= 15 is 0 Å². The highest BCUT2D eigenvalue weighted by atomic mass is 35.5. The van der Waals surface area contributed by atoms with Crippen molar-refractivity contribution in [2.24, 2.45) is 0 Å². The topological polar surface area (TPSA) is 108 Å². The van der Waals surface area contributed by atoms with Gasteiger partial charge in [0.15, 0.2) is 5.82 Å². The van der Waals surface area contributed by atoms with E-state index in [0.29, 0.717) is 57.5 Å². The van der Waals surface area contributed by atoms with Crippen LogP contribution in [0.4, 0.5) is 28.7 Å². The Bertz CT molecular complexity index is 1660. The first-order valence-corrected chi connectivity index (χ1v) is 17.6. The van der Waals surface area contributed by atoms with Gasteiger partial charge in [0.05, 0.1) is 66.1 Å². The largest absolute Gasteiger partial charge is 0.494 e. The molecule has 0 unspecified atom stereocenters. The van der Waals surface area contributed by atoms with Gasteiger partial charge in [-0.3, -0.25) is 19.4 Å². The van der Waals surface area contributed by atoms with Crippen molar-refractivity contribution in [1.29, 1.82) is 0 Å². The third kappa shape index (κ3) is 7.45. The molecule has 1 aromatic heterocycles. The number of aromatic nitrogens is 2. The number of hydroxylamine groups is 1. The molecule has 14 heteroatoms. The van der Waals surface area contributed by atoms with Crippen molar-refractivity contribution in [3.8, 4) is 5.75 Å². The van der Waals surface area contributed by atoms with Gasteiger partial charge < -0.3 is 25.0 Å². The van der Waals surface area contributed by atoms with Gasteiger partial charge >= 0.3 is 0 Å². The second-order valence-corrected chi connectivity index (χ2v) is 13.6. The Morgan fingerprint density at radius 1 is 0.939 bits per heavy atom. The third-order valence-electron chi connectivity index (χ3n) is 9.94. The minimum Gasteiger partial charge on any atom is -0.494 e. The normalized spacial score (nSPS) is 21.0. The molecule has 7 rings (SSSR count).